The standard InChI is InChI=1S/C18H25NO5S/c1-4-7-15(21)23-10-14(20)19-17-16(18(22)24-11(2)3)12-8-5-6-9-13(12)25-17/h11H,4-10H2,1-3H3,(H,19,20). The van der Waals surface area contributed by atoms with E-state index < -0.39 is 17.8 Å². The molecule has 0 aromatic carbocycles. The first-order valence-electron chi connectivity index (χ1n) is 8.73. The number of nitrogens with one attached hydrogen (secondary N) is 1. The second-order valence-corrected chi connectivity index (χ2v) is 7.43. The lowest BCUT2D eigenvalue weighted by atomic mass is 9.95. The molecule has 7 heteroatoms. The van der Waals surface area contributed by atoms with Crippen LogP contribution in [0.1, 0.15) is 67.3 Å². The molecule has 0 fully saturated rings. The van der Waals surface area contributed by atoms with Crippen LogP contribution in [-0.4, -0.2) is 30.6 Å². The monoisotopic (exact) mass is 367 g/mol. The van der Waals surface area contributed by atoms with Crippen molar-refractivity contribution in [1.82, 2.24) is 0 Å². The van der Waals surface area contributed by atoms with Crippen LogP contribution >= 0.6 is 11.3 Å². The van der Waals surface area contributed by atoms with E-state index in [1.165, 1.54) is 11.3 Å². The minimum Gasteiger partial charge on any atom is -0.459 e. The summed E-state index contributed by atoms with van der Waals surface area (Å²) >= 11 is 1.42. The Morgan fingerprint density at radius 3 is 2.60 bits per heavy atom. The number of anilines is 1. The molecular formula is C18H25NO5S. The number of esters is 2. The first-order valence-corrected chi connectivity index (χ1v) is 9.55. The molecule has 0 unspecified atom stereocenters. The predicted octanol–water partition coefficient (Wildman–Crippen LogP) is 3.47. The molecule has 138 valence electrons. The molecule has 0 atom stereocenters. The number of hydrogen-bond acceptors (Lipinski definition) is 6. The van der Waals surface area contributed by atoms with Gasteiger partial charge in [0.2, 0.25) is 0 Å². The normalized spacial score (nSPS) is 13.3. The molecule has 0 spiro atoms. The zero-order valence-electron chi connectivity index (χ0n) is 15.0. The van der Waals surface area contributed by atoms with Gasteiger partial charge in [0.05, 0.1) is 11.7 Å². The quantitative estimate of drug-likeness (QED) is 0.746. The summed E-state index contributed by atoms with van der Waals surface area (Å²) in [6.45, 7) is 5.11. The van der Waals surface area contributed by atoms with E-state index in [2.05, 4.69) is 5.32 Å². The molecule has 2 rings (SSSR count). The molecular weight excluding hydrogens is 342 g/mol. The number of thiophene rings is 1. The molecule has 6 nitrogen and oxygen atoms in total. The van der Waals surface area contributed by atoms with Crippen LogP contribution in [0.15, 0.2) is 0 Å². The number of hydrogen-bond donors (Lipinski definition) is 1. The second kappa shape index (κ2) is 8.99. The molecule has 1 aromatic heterocycles. The summed E-state index contributed by atoms with van der Waals surface area (Å²) in [5.74, 6) is -1.25. The zero-order valence-corrected chi connectivity index (χ0v) is 15.8. The predicted molar refractivity (Wildman–Crippen MR) is 96.0 cm³/mol. The van der Waals surface area contributed by atoms with Crippen molar-refractivity contribution < 1.29 is 23.9 Å². The Hall–Kier alpha value is -1.89. The number of carbonyl (C=O) groups excluding carboxylic acids is 3. The average molecular weight is 367 g/mol. The van der Waals surface area contributed by atoms with E-state index in [4.69, 9.17) is 9.47 Å². The van der Waals surface area contributed by atoms with E-state index in [0.717, 1.165) is 36.1 Å². The summed E-state index contributed by atoms with van der Waals surface area (Å²) in [6, 6.07) is 0. The van der Waals surface area contributed by atoms with Gasteiger partial charge in [-0.15, -0.1) is 11.3 Å². The highest BCUT2D eigenvalue weighted by molar-refractivity contribution is 7.17. The lowest BCUT2D eigenvalue weighted by molar-refractivity contribution is -0.147. The van der Waals surface area contributed by atoms with Crippen LogP contribution in [0, 0.1) is 0 Å². The van der Waals surface area contributed by atoms with Crippen molar-refractivity contribution in [3.05, 3.63) is 16.0 Å². The van der Waals surface area contributed by atoms with Gasteiger partial charge in [0.25, 0.3) is 5.91 Å². The number of amides is 1. The maximum absolute atomic E-state index is 12.5. The summed E-state index contributed by atoms with van der Waals surface area (Å²) < 4.78 is 10.3. The van der Waals surface area contributed by atoms with Gasteiger partial charge < -0.3 is 14.8 Å². The zero-order chi connectivity index (χ0) is 18.4. The number of rotatable bonds is 7. The van der Waals surface area contributed by atoms with Gasteiger partial charge in [0.15, 0.2) is 6.61 Å². The molecule has 0 saturated carbocycles. The van der Waals surface area contributed by atoms with Crippen LogP contribution in [0.5, 0.6) is 0 Å². The van der Waals surface area contributed by atoms with E-state index in [-0.39, 0.29) is 19.1 Å². The summed E-state index contributed by atoms with van der Waals surface area (Å²) in [5.41, 5.74) is 1.45. The van der Waals surface area contributed by atoms with E-state index >= 15 is 0 Å². The Kier molecular flexibility index (Phi) is 6.99. The first-order chi connectivity index (χ1) is 11.9. The topological polar surface area (TPSA) is 81.7 Å². The van der Waals surface area contributed by atoms with Crippen molar-refractivity contribution in [2.45, 2.75) is 65.4 Å². The highest BCUT2D eigenvalue weighted by atomic mass is 32.1. The third kappa shape index (κ3) is 5.29. The molecule has 0 saturated heterocycles. The van der Waals surface area contributed by atoms with Crippen molar-refractivity contribution in [2.75, 3.05) is 11.9 Å². The van der Waals surface area contributed by atoms with Crippen LogP contribution in [0.4, 0.5) is 5.00 Å². The molecule has 0 aliphatic heterocycles. The Morgan fingerprint density at radius 2 is 1.92 bits per heavy atom. The first kappa shape index (κ1) is 19.4. The van der Waals surface area contributed by atoms with Gasteiger partial charge in [-0.2, -0.15) is 0 Å². The van der Waals surface area contributed by atoms with Crippen molar-refractivity contribution >= 4 is 34.2 Å². The Bertz CT molecular complexity index is 650. The number of aryl methyl sites for hydroxylation is 1. The van der Waals surface area contributed by atoms with E-state index in [9.17, 15) is 14.4 Å². The van der Waals surface area contributed by atoms with Gasteiger partial charge in [-0.05, 0) is 51.5 Å². The second-order valence-electron chi connectivity index (χ2n) is 6.33. The summed E-state index contributed by atoms with van der Waals surface area (Å²) in [7, 11) is 0. The molecule has 1 aliphatic rings. The maximum atomic E-state index is 12.5. The number of ether oxygens (including phenoxy) is 2. The van der Waals surface area contributed by atoms with Gasteiger partial charge in [-0.25, -0.2) is 4.79 Å². The fourth-order valence-corrected chi connectivity index (χ4v) is 4.02. The number of carbonyl (C=O) groups is 3. The minimum absolute atomic E-state index is 0.231. The molecule has 1 N–H and O–H groups in total. The highest BCUT2D eigenvalue weighted by Gasteiger charge is 2.28. The van der Waals surface area contributed by atoms with Crippen LogP contribution in [0.2, 0.25) is 0 Å². The molecule has 25 heavy (non-hydrogen) atoms. The van der Waals surface area contributed by atoms with Gasteiger partial charge in [-0.3, -0.25) is 9.59 Å². The average Bonchev–Trinajstić information content (AvgIpc) is 2.90. The third-order valence-corrected chi connectivity index (χ3v) is 5.00. The Balaban J connectivity index is 2.13. The molecule has 1 aliphatic carbocycles. The van der Waals surface area contributed by atoms with Gasteiger partial charge >= 0.3 is 11.9 Å². The smallest absolute Gasteiger partial charge is 0.341 e. The van der Waals surface area contributed by atoms with Gasteiger partial charge in [0, 0.05) is 11.3 Å². The summed E-state index contributed by atoms with van der Waals surface area (Å²) in [6.07, 6.45) is 4.54. The Morgan fingerprint density at radius 1 is 1.20 bits per heavy atom. The van der Waals surface area contributed by atoms with Gasteiger partial charge in [0.1, 0.15) is 5.00 Å². The fourth-order valence-electron chi connectivity index (χ4n) is 2.73. The minimum atomic E-state index is -0.443. The van der Waals surface area contributed by atoms with Crippen LogP contribution in [-0.2, 0) is 31.9 Å². The van der Waals surface area contributed by atoms with E-state index in [1.807, 2.05) is 6.92 Å². The SMILES string of the molecule is CCCC(=O)OCC(=O)Nc1sc2c(c1C(=O)OC(C)C)CCCC2. The van der Waals surface area contributed by atoms with Crippen molar-refractivity contribution in [3.8, 4) is 0 Å². The Labute approximate surface area is 151 Å². The molecule has 1 amide bonds. The van der Waals surface area contributed by atoms with Crippen LogP contribution < -0.4 is 5.32 Å². The lowest BCUT2D eigenvalue weighted by Gasteiger charge is -2.14. The van der Waals surface area contributed by atoms with Crippen molar-refractivity contribution in [1.29, 1.82) is 0 Å². The molecule has 0 radical (unpaired) electrons. The van der Waals surface area contributed by atoms with E-state index in [0.29, 0.717) is 17.0 Å². The lowest BCUT2D eigenvalue weighted by Crippen LogP contribution is -2.22. The summed E-state index contributed by atoms with van der Waals surface area (Å²) in [5, 5.41) is 3.22. The largest absolute Gasteiger partial charge is 0.459 e. The summed E-state index contributed by atoms with van der Waals surface area (Å²) in [4.78, 5) is 37.1. The van der Waals surface area contributed by atoms with Crippen molar-refractivity contribution in [3.63, 3.8) is 0 Å². The van der Waals surface area contributed by atoms with Crippen molar-refractivity contribution in [2.24, 2.45) is 0 Å². The van der Waals surface area contributed by atoms with E-state index in [1.54, 1.807) is 13.8 Å². The van der Waals surface area contributed by atoms with Crippen LogP contribution in [0.3, 0.4) is 0 Å². The molecule has 1 heterocycles. The highest BCUT2D eigenvalue weighted by Crippen LogP contribution is 2.38. The maximum Gasteiger partial charge on any atom is 0.341 e. The van der Waals surface area contributed by atoms with Crippen LogP contribution in [0.25, 0.3) is 0 Å². The van der Waals surface area contributed by atoms with Gasteiger partial charge in [-0.1, -0.05) is 6.92 Å². The number of fused-ring (bicyclic) bond motifs is 1. The fraction of sp³-hybridized carbons (Fsp3) is 0.611. The molecule has 0 bridgehead atoms. The molecule has 1 aromatic rings. The third-order valence-electron chi connectivity index (χ3n) is 3.79.